The third-order valence-electron chi connectivity index (χ3n) is 3.74. The maximum absolute atomic E-state index is 12.4. The summed E-state index contributed by atoms with van der Waals surface area (Å²) < 4.78 is 13.0. The normalized spacial score (nSPS) is 11.4. The van der Waals surface area contributed by atoms with Crippen LogP contribution in [0.5, 0.6) is 0 Å². The highest BCUT2D eigenvalue weighted by molar-refractivity contribution is 6.11. The minimum atomic E-state index is -0.642. The van der Waals surface area contributed by atoms with Crippen LogP contribution in [0.4, 0.5) is 0 Å². The molecule has 0 radical (unpaired) electrons. The van der Waals surface area contributed by atoms with Crippen molar-refractivity contribution in [2.75, 3.05) is 14.2 Å². The van der Waals surface area contributed by atoms with Crippen LogP contribution in [-0.4, -0.2) is 30.8 Å². The highest BCUT2D eigenvalue weighted by Crippen LogP contribution is 2.16. The van der Waals surface area contributed by atoms with E-state index in [0.717, 1.165) is 22.7 Å². The Balaban J connectivity index is 2.34. The van der Waals surface area contributed by atoms with E-state index in [1.54, 1.807) is 9.36 Å². The van der Waals surface area contributed by atoms with Crippen molar-refractivity contribution in [1.29, 1.82) is 0 Å². The van der Waals surface area contributed by atoms with E-state index in [1.807, 2.05) is 60.8 Å². The lowest BCUT2D eigenvalue weighted by molar-refractivity contribution is -0.633. The van der Waals surface area contributed by atoms with E-state index in [0.29, 0.717) is 0 Å². The van der Waals surface area contributed by atoms with Gasteiger partial charge in [0.1, 0.15) is 11.8 Å². The topological polar surface area (TPSA) is 61.4 Å². The average Bonchev–Trinajstić information content (AvgIpc) is 3.05. The molecule has 0 atom stereocenters. The highest BCUT2D eigenvalue weighted by Gasteiger charge is 2.31. The van der Waals surface area contributed by atoms with Gasteiger partial charge in [0, 0.05) is 6.07 Å². The second-order valence-electron chi connectivity index (χ2n) is 5.22. The lowest BCUT2D eigenvalue weighted by Gasteiger charge is -2.05. The lowest BCUT2D eigenvalue weighted by atomic mass is 10.2. The van der Waals surface area contributed by atoms with Crippen molar-refractivity contribution in [2.45, 2.75) is 0 Å². The molecule has 126 valence electrons. The number of para-hydroxylation sites is 2. The maximum atomic E-state index is 12.4. The summed E-state index contributed by atoms with van der Waals surface area (Å²) in [6.45, 7) is 0. The summed E-state index contributed by atoms with van der Waals surface area (Å²) in [5.74, 6) is -1.28. The molecule has 0 bridgehead atoms. The van der Waals surface area contributed by atoms with Crippen LogP contribution < -0.4 is 4.68 Å². The van der Waals surface area contributed by atoms with Gasteiger partial charge in [-0.3, -0.25) is 0 Å². The molecule has 1 aromatic heterocycles. The molecule has 0 saturated carbocycles. The lowest BCUT2D eigenvalue weighted by Crippen LogP contribution is -2.45. The SMILES string of the molecule is COC(=O)/C=C(/C(=O)OC)[n+]1c2ccccc2cn1-c1ccccc1. The zero-order valence-electron chi connectivity index (χ0n) is 13.9. The zero-order valence-corrected chi connectivity index (χ0v) is 13.9. The first-order valence-electron chi connectivity index (χ1n) is 7.62. The minimum Gasteiger partial charge on any atom is -0.466 e. The van der Waals surface area contributed by atoms with Gasteiger partial charge < -0.3 is 9.47 Å². The fourth-order valence-corrected chi connectivity index (χ4v) is 2.59. The Morgan fingerprint density at radius 2 is 1.64 bits per heavy atom. The molecule has 2 aromatic carbocycles. The van der Waals surface area contributed by atoms with Crippen LogP contribution in [0.3, 0.4) is 0 Å². The molecule has 0 N–H and O–H groups in total. The number of ether oxygens (including phenoxy) is 2. The standard InChI is InChI=1S/C19H17N2O4/c1-24-18(22)12-17(19(23)25-2)21-16-11-7-6-8-14(16)13-20(21)15-9-4-3-5-10-15/h3-13H,1-2H3/q+1/b17-12-. The first-order valence-corrected chi connectivity index (χ1v) is 7.62. The molecule has 6 nitrogen and oxygen atoms in total. The number of esters is 2. The number of rotatable bonds is 4. The number of nitrogens with zero attached hydrogens (tertiary/aromatic N) is 2. The monoisotopic (exact) mass is 337 g/mol. The van der Waals surface area contributed by atoms with Crippen molar-refractivity contribution in [3.8, 4) is 5.69 Å². The van der Waals surface area contributed by atoms with E-state index in [2.05, 4.69) is 4.74 Å². The van der Waals surface area contributed by atoms with Crippen molar-refractivity contribution in [3.05, 3.63) is 66.9 Å². The fraction of sp³-hybridized carbons (Fsp3) is 0.105. The van der Waals surface area contributed by atoms with Gasteiger partial charge in [-0.2, -0.15) is 0 Å². The summed E-state index contributed by atoms with van der Waals surface area (Å²) in [6.07, 6.45) is 3.01. The fourth-order valence-electron chi connectivity index (χ4n) is 2.59. The molecule has 6 heteroatoms. The maximum Gasteiger partial charge on any atom is 0.406 e. The van der Waals surface area contributed by atoms with Crippen molar-refractivity contribution < 1.29 is 23.7 Å². The van der Waals surface area contributed by atoms with Crippen LogP contribution in [-0.2, 0) is 19.1 Å². The quantitative estimate of drug-likeness (QED) is 0.416. The van der Waals surface area contributed by atoms with E-state index in [4.69, 9.17) is 4.74 Å². The Labute approximate surface area is 144 Å². The van der Waals surface area contributed by atoms with Gasteiger partial charge in [0.05, 0.1) is 25.8 Å². The predicted molar refractivity (Wildman–Crippen MR) is 91.8 cm³/mol. The number of hydrogen-bond donors (Lipinski definition) is 0. The number of fused-ring (bicyclic) bond motifs is 1. The molecule has 0 fully saturated rings. The first-order chi connectivity index (χ1) is 12.2. The molecular formula is C19H17N2O4+. The highest BCUT2D eigenvalue weighted by atomic mass is 16.5. The zero-order chi connectivity index (χ0) is 17.8. The van der Waals surface area contributed by atoms with Crippen molar-refractivity contribution in [1.82, 2.24) is 4.68 Å². The third-order valence-corrected chi connectivity index (χ3v) is 3.74. The van der Waals surface area contributed by atoms with Gasteiger partial charge in [0.15, 0.2) is 0 Å². The Morgan fingerprint density at radius 1 is 0.960 bits per heavy atom. The second-order valence-corrected chi connectivity index (χ2v) is 5.22. The molecule has 0 amide bonds. The Morgan fingerprint density at radius 3 is 2.32 bits per heavy atom. The molecule has 0 aliphatic heterocycles. The molecule has 0 aliphatic rings. The smallest absolute Gasteiger partial charge is 0.406 e. The molecule has 0 spiro atoms. The largest absolute Gasteiger partial charge is 0.466 e. The van der Waals surface area contributed by atoms with Gasteiger partial charge >= 0.3 is 17.6 Å². The summed E-state index contributed by atoms with van der Waals surface area (Å²) in [4.78, 5) is 24.1. The molecule has 25 heavy (non-hydrogen) atoms. The van der Waals surface area contributed by atoms with Gasteiger partial charge in [-0.15, -0.1) is 4.68 Å². The third kappa shape index (κ3) is 3.14. The molecule has 3 aromatic rings. The van der Waals surface area contributed by atoms with E-state index in [-0.39, 0.29) is 5.70 Å². The van der Waals surface area contributed by atoms with Crippen LogP contribution in [0.15, 0.2) is 66.9 Å². The van der Waals surface area contributed by atoms with E-state index >= 15 is 0 Å². The summed E-state index contributed by atoms with van der Waals surface area (Å²) in [5.41, 5.74) is 1.64. The van der Waals surface area contributed by atoms with Crippen LogP contribution in [0.25, 0.3) is 22.3 Å². The summed E-state index contributed by atoms with van der Waals surface area (Å²) in [5, 5.41) is 0.908. The Kier molecular flexibility index (Phi) is 4.61. The minimum absolute atomic E-state index is 0.0550. The number of benzene rings is 2. The van der Waals surface area contributed by atoms with E-state index < -0.39 is 11.9 Å². The van der Waals surface area contributed by atoms with Crippen LogP contribution in [0.1, 0.15) is 0 Å². The number of hydrogen-bond acceptors (Lipinski definition) is 4. The van der Waals surface area contributed by atoms with Gasteiger partial charge in [-0.25, -0.2) is 9.59 Å². The number of aromatic nitrogens is 2. The summed E-state index contributed by atoms with van der Waals surface area (Å²) in [7, 11) is 2.53. The Hall–Kier alpha value is -3.41. The molecular weight excluding hydrogens is 320 g/mol. The van der Waals surface area contributed by atoms with Crippen molar-refractivity contribution in [3.63, 3.8) is 0 Å². The van der Waals surface area contributed by atoms with Crippen LogP contribution >= 0.6 is 0 Å². The van der Waals surface area contributed by atoms with Gasteiger partial charge in [-0.1, -0.05) is 35.0 Å². The molecule has 0 saturated heterocycles. The number of carbonyl (C=O) groups is 2. The number of methoxy groups -OCH3 is 2. The van der Waals surface area contributed by atoms with Crippen molar-refractivity contribution >= 4 is 28.5 Å². The van der Waals surface area contributed by atoms with Gasteiger partial charge in [-0.05, 0) is 18.2 Å². The second kappa shape index (κ2) is 7.00. The molecule has 1 heterocycles. The van der Waals surface area contributed by atoms with Crippen LogP contribution in [0, 0.1) is 0 Å². The molecule has 0 aliphatic carbocycles. The summed E-state index contributed by atoms with van der Waals surface area (Å²) >= 11 is 0. The van der Waals surface area contributed by atoms with Crippen molar-refractivity contribution in [2.24, 2.45) is 0 Å². The predicted octanol–water partition coefficient (Wildman–Crippen LogP) is 2.10. The molecule has 3 rings (SSSR count). The average molecular weight is 337 g/mol. The summed E-state index contributed by atoms with van der Waals surface area (Å²) in [6, 6.07) is 17.1. The van der Waals surface area contributed by atoms with Gasteiger partial charge in [0.2, 0.25) is 5.52 Å². The first kappa shape index (κ1) is 16.4. The Bertz CT molecular complexity index is 958. The number of carbonyl (C=O) groups excluding carboxylic acids is 2. The van der Waals surface area contributed by atoms with Gasteiger partial charge in [0.25, 0.3) is 0 Å². The van der Waals surface area contributed by atoms with E-state index in [1.165, 1.54) is 14.2 Å². The van der Waals surface area contributed by atoms with E-state index in [9.17, 15) is 9.59 Å². The molecule has 0 unspecified atom stereocenters. The van der Waals surface area contributed by atoms with Crippen LogP contribution in [0.2, 0.25) is 0 Å².